The highest BCUT2D eigenvalue weighted by molar-refractivity contribution is 7.15. The molecule has 4 aromatic heterocycles. The lowest BCUT2D eigenvalue weighted by atomic mass is 10.0. The van der Waals surface area contributed by atoms with E-state index in [1.54, 1.807) is 0 Å². The average Bonchev–Trinajstić information content (AvgIpc) is 3.74. The van der Waals surface area contributed by atoms with Gasteiger partial charge in [0, 0.05) is 28.3 Å². The molecule has 3 aromatic carbocycles. The van der Waals surface area contributed by atoms with E-state index < -0.39 is 0 Å². The Labute approximate surface area is 238 Å². The van der Waals surface area contributed by atoms with Crippen LogP contribution in [-0.2, 0) is 0 Å². The van der Waals surface area contributed by atoms with Crippen LogP contribution < -0.4 is 14.8 Å². The number of fused-ring (bicyclic) bond motifs is 2. The van der Waals surface area contributed by atoms with Crippen LogP contribution >= 0.6 is 11.3 Å². The van der Waals surface area contributed by atoms with E-state index >= 15 is 0 Å². The highest BCUT2D eigenvalue weighted by Gasteiger charge is 2.20. The molecule has 9 heteroatoms. The van der Waals surface area contributed by atoms with Gasteiger partial charge in [-0.15, -0.1) is 5.10 Å². The van der Waals surface area contributed by atoms with Crippen molar-refractivity contribution in [3.8, 4) is 34.3 Å². The highest BCUT2D eigenvalue weighted by Crippen LogP contribution is 2.32. The zero-order valence-electron chi connectivity index (χ0n) is 22.7. The molecule has 7 rings (SSSR count). The second kappa shape index (κ2) is 9.87. The van der Waals surface area contributed by atoms with Crippen molar-refractivity contribution in [3.05, 3.63) is 111 Å². The zero-order valence-corrected chi connectivity index (χ0v) is 23.5. The van der Waals surface area contributed by atoms with Crippen LogP contribution in [0.25, 0.3) is 50.5 Å². The van der Waals surface area contributed by atoms with E-state index in [1.807, 2.05) is 104 Å². The molecule has 0 atom stereocenters. The highest BCUT2D eigenvalue weighted by atomic mass is 32.1. The number of hydrogen-bond acceptors (Lipinski definition) is 7. The SMILES string of the molecule is CCOc1ccc(-c2nn(-c3ccccc3)cc2/C=c2\sc3nc(-c4oc5ccccc5c4C)nn3c2=O)cc1C. The predicted octanol–water partition coefficient (Wildman–Crippen LogP) is 5.98. The maximum atomic E-state index is 13.5. The molecule has 0 bridgehead atoms. The summed E-state index contributed by atoms with van der Waals surface area (Å²) in [5.41, 5.74) is 5.92. The number of rotatable bonds is 6. The first kappa shape index (κ1) is 25.0. The minimum Gasteiger partial charge on any atom is -0.494 e. The van der Waals surface area contributed by atoms with Crippen molar-refractivity contribution in [2.45, 2.75) is 20.8 Å². The molecule has 0 aliphatic carbocycles. The summed E-state index contributed by atoms with van der Waals surface area (Å²) in [6.45, 7) is 6.56. The fourth-order valence-corrected chi connectivity index (χ4v) is 5.90. The molecule has 0 saturated heterocycles. The van der Waals surface area contributed by atoms with Gasteiger partial charge in [-0.25, -0.2) is 4.68 Å². The summed E-state index contributed by atoms with van der Waals surface area (Å²) in [4.78, 5) is 18.7. The van der Waals surface area contributed by atoms with Crippen LogP contribution in [0.1, 0.15) is 23.6 Å². The number of ether oxygens (including phenoxy) is 1. The standard InChI is InChI=1S/C32H25N5O3S/c1-4-39-25-15-14-21(16-19(25)2)28-22(18-36(34-28)23-10-6-5-7-11-23)17-27-31(38)37-32(41-27)33-30(35-37)29-20(3)24-12-8-9-13-26(24)40-29/h5-18H,4H2,1-3H3/b27-17-. The van der Waals surface area contributed by atoms with Gasteiger partial charge >= 0.3 is 0 Å². The van der Waals surface area contributed by atoms with Gasteiger partial charge in [0.2, 0.25) is 10.8 Å². The maximum absolute atomic E-state index is 13.5. The largest absolute Gasteiger partial charge is 0.494 e. The quantitative estimate of drug-likeness (QED) is 0.249. The van der Waals surface area contributed by atoms with E-state index in [-0.39, 0.29) is 5.56 Å². The Bertz CT molecular complexity index is 2170. The van der Waals surface area contributed by atoms with Crippen LogP contribution in [0.3, 0.4) is 0 Å². The lowest BCUT2D eigenvalue weighted by molar-refractivity contribution is 0.338. The number of thiazole rings is 1. The van der Waals surface area contributed by atoms with Crippen LogP contribution in [0.5, 0.6) is 5.75 Å². The summed E-state index contributed by atoms with van der Waals surface area (Å²) in [5, 5.41) is 10.4. The smallest absolute Gasteiger partial charge is 0.291 e. The third kappa shape index (κ3) is 4.31. The van der Waals surface area contributed by atoms with Crippen molar-refractivity contribution in [1.29, 1.82) is 0 Å². The number of hydrogen-bond donors (Lipinski definition) is 0. The first-order chi connectivity index (χ1) is 20.0. The molecule has 7 aromatic rings. The summed E-state index contributed by atoms with van der Waals surface area (Å²) < 4.78 is 15.5. The maximum Gasteiger partial charge on any atom is 0.291 e. The van der Waals surface area contributed by atoms with Crippen LogP contribution in [0.4, 0.5) is 0 Å². The van der Waals surface area contributed by atoms with Crippen molar-refractivity contribution in [1.82, 2.24) is 24.4 Å². The van der Waals surface area contributed by atoms with Crippen LogP contribution in [-0.4, -0.2) is 31.0 Å². The molecule has 0 fully saturated rings. The molecule has 8 nitrogen and oxygen atoms in total. The Morgan fingerprint density at radius 1 is 1.00 bits per heavy atom. The van der Waals surface area contributed by atoms with Crippen molar-refractivity contribution >= 4 is 33.3 Å². The molecule has 0 saturated carbocycles. The summed E-state index contributed by atoms with van der Waals surface area (Å²) in [6, 6.07) is 23.7. The minimum atomic E-state index is -0.237. The van der Waals surface area contributed by atoms with E-state index in [2.05, 4.69) is 16.1 Å². The van der Waals surface area contributed by atoms with Crippen LogP contribution in [0.15, 0.2) is 88.2 Å². The molecule has 0 radical (unpaired) electrons. The fourth-order valence-electron chi connectivity index (χ4n) is 5.00. The van der Waals surface area contributed by atoms with Gasteiger partial charge in [0.05, 0.1) is 16.8 Å². The minimum absolute atomic E-state index is 0.237. The number of benzene rings is 3. The molecule has 0 aliphatic rings. The molecule has 0 aliphatic heterocycles. The molecule has 0 N–H and O–H groups in total. The Kier molecular flexibility index (Phi) is 6.01. The molecule has 4 heterocycles. The third-order valence-electron chi connectivity index (χ3n) is 7.03. The number of para-hydroxylation sites is 2. The number of aryl methyl sites for hydroxylation is 2. The second-order valence-corrected chi connectivity index (χ2v) is 10.7. The number of aromatic nitrogens is 5. The summed E-state index contributed by atoms with van der Waals surface area (Å²) in [5.74, 6) is 1.81. The van der Waals surface area contributed by atoms with Crippen molar-refractivity contribution in [3.63, 3.8) is 0 Å². The van der Waals surface area contributed by atoms with Crippen LogP contribution in [0.2, 0.25) is 0 Å². The summed E-state index contributed by atoms with van der Waals surface area (Å²) in [7, 11) is 0. The van der Waals surface area contributed by atoms with E-state index in [9.17, 15) is 4.79 Å². The Balaban J connectivity index is 1.35. The van der Waals surface area contributed by atoms with Gasteiger partial charge in [0.25, 0.3) is 5.56 Å². The Morgan fingerprint density at radius 3 is 2.56 bits per heavy atom. The van der Waals surface area contributed by atoms with E-state index in [1.165, 1.54) is 15.9 Å². The average molecular weight is 560 g/mol. The van der Waals surface area contributed by atoms with Crippen molar-refractivity contribution < 1.29 is 9.15 Å². The Hall–Kier alpha value is -5.02. The lowest BCUT2D eigenvalue weighted by Gasteiger charge is -2.08. The number of furan rings is 1. The van der Waals surface area contributed by atoms with Crippen molar-refractivity contribution in [2.24, 2.45) is 0 Å². The Morgan fingerprint density at radius 2 is 1.80 bits per heavy atom. The lowest BCUT2D eigenvalue weighted by Crippen LogP contribution is -2.23. The molecular formula is C32H25N5O3S. The second-order valence-electron chi connectivity index (χ2n) is 9.72. The molecule has 0 unspecified atom stereocenters. The number of nitrogens with zero attached hydrogens (tertiary/aromatic N) is 5. The monoisotopic (exact) mass is 559 g/mol. The summed E-state index contributed by atoms with van der Waals surface area (Å²) >= 11 is 1.29. The molecular weight excluding hydrogens is 534 g/mol. The molecule has 41 heavy (non-hydrogen) atoms. The summed E-state index contributed by atoms with van der Waals surface area (Å²) in [6.07, 6.45) is 3.80. The first-order valence-corrected chi connectivity index (χ1v) is 14.1. The predicted molar refractivity (Wildman–Crippen MR) is 161 cm³/mol. The first-order valence-electron chi connectivity index (χ1n) is 13.3. The molecule has 202 valence electrons. The van der Waals surface area contributed by atoms with Gasteiger partial charge in [-0.2, -0.15) is 14.6 Å². The van der Waals surface area contributed by atoms with Gasteiger partial charge in [-0.3, -0.25) is 4.79 Å². The van der Waals surface area contributed by atoms with Gasteiger partial charge < -0.3 is 9.15 Å². The topological polar surface area (TPSA) is 87.4 Å². The fraction of sp³-hybridized carbons (Fsp3) is 0.125. The normalized spacial score (nSPS) is 12.1. The van der Waals surface area contributed by atoms with E-state index in [0.29, 0.717) is 27.7 Å². The van der Waals surface area contributed by atoms with Gasteiger partial charge in [-0.05, 0) is 68.8 Å². The zero-order chi connectivity index (χ0) is 28.1. The van der Waals surface area contributed by atoms with Crippen molar-refractivity contribution in [2.75, 3.05) is 6.61 Å². The van der Waals surface area contributed by atoms with Gasteiger partial charge in [-0.1, -0.05) is 47.7 Å². The van der Waals surface area contributed by atoms with E-state index in [4.69, 9.17) is 14.3 Å². The van der Waals surface area contributed by atoms with Gasteiger partial charge in [0.15, 0.2) is 5.76 Å². The molecule has 0 amide bonds. The van der Waals surface area contributed by atoms with Crippen LogP contribution in [0, 0.1) is 13.8 Å². The van der Waals surface area contributed by atoms with E-state index in [0.717, 1.165) is 50.4 Å². The molecule has 0 spiro atoms. The third-order valence-corrected chi connectivity index (χ3v) is 7.99. The van der Waals surface area contributed by atoms with Gasteiger partial charge in [0.1, 0.15) is 17.0 Å².